The maximum atomic E-state index is 12.9. The SMILES string of the molecule is Cc1ccc(S(=O)(=O)N(C)CC(=O)Nc2ccccc2C(=O)N[C@@H](C)c2ccccc2)cc1. The molecule has 3 aromatic rings. The van der Waals surface area contributed by atoms with Crippen LogP contribution in [0, 0.1) is 6.92 Å². The lowest BCUT2D eigenvalue weighted by atomic mass is 10.1. The first-order valence-corrected chi connectivity index (χ1v) is 11.9. The smallest absolute Gasteiger partial charge is 0.253 e. The molecule has 3 rings (SSSR count). The molecule has 0 aliphatic heterocycles. The number of para-hydroxylation sites is 1. The Morgan fingerprint density at radius 3 is 2.18 bits per heavy atom. The van der Waals surface area contributed by atoms with Gasteiger partial charge in [0.2, 0.25) is 15.9 Å². The van der Waals surface area contributed by atoms with Crippen molar-refractivity contribution in [3.05, 3.63) is 95.6 Å². The molecule has 33 heavy (non-hydrogen) atoms. The van der Waals surface area contributed by atoms with E-state index in [1.54, 1.807) is 36.4 Å². The summed E-state index contributed by atoms with van der Waals surface area (Å²) in [6.45, 7) is 3.34. The minimum absolute atomic E-state index is 0.109. The van der Waals surface area contributed by atoms with Crippen molar-refractivity contribution in [2.45, 2.75) is 24.8 Å². The van der Waals surface area contributed by atoms with Crippen LogP contribution in [0.2, 0.25) is 0 Å². The Morgan fingerprint density at radius 1 is 0.909 bits per heavy atom. The molecule has 2 amide bonds. The van der Waals surface area contributed by atoms with E-state index in [9.17, 15) is 18.0 Å². The van der Waals surface area contributed by atoms with E-state index in [4.69, 9.17) is 0 Å². The fraction of sp³-hybridized carbons (Fsp3) is 0.200. The van der Waals surface area contributed by atoms with E-state index in [0.29, 0.717) is 5.69 Å². The minimum Gasteiger partial charge on any atom is -0.345 e. The van der Waals surface area contributed by atoms with Crippen molar-refractivity contribution < 1.29 is 18.0 Å². The van der Waals surface area contributed by atoms with Crippen LogP contribution in [0.1, 0.15) is 34.5 Å². The number of carbonyl (C=O) groups is 2. The monoisotopic (exact) mass is 465 g/mol. The van der Waals surface area contributed by atoms with Gasteiger partial charge in [-0.3, -0.25) is 9.59 Å². The number of nitrogens with zero attached hydrogens (tertiary/aromatic N) is 1. The molecule has 7 nitrogen and oxygen atoms in total. The Balaban J connectivity index is 1.69. The normalized spacial score (nSPS) is 12.2. The number of rotatable bonds is 8. The zero-order valence-corrected chi connectivity index (χ0v) is 19.6. The highest BCUT2D eigenvalue weighted by molar-refractivity contribution is 7.89. The summed E-state index contributed by atoms with van der Waals surface area (Å²) >= 11 is 0. The topological polar surface area (TPSA) is 95.6 Å². The predicted octanol–water partition coefficient (Wildman–Crippen LogP) is 3.75. The van der Waals surface area contributed by atoms with Crippen LogP contribution in [-0.4, -0.2) is 38.1 Å². The molecular formula is C25H27N3O4S. The molecule has 172 valence electrons. The Bertz CT molecular complexity index is 1230. The molecule has 0 radical (unpaired) electrons. The summed E-state index contributed by atoms with van der Waals surface area (Å²) < 4.78 is 26.5. The molecule has 0 unspecified atom stereocenters. The molecule has 1 atom stereocenters. The van der Waals surface area contributed by atoms with Gasteiger partial charge in [0.15, 0.2) is 0 Å². The Kier molecular flexibility index (Phi) is 7.63. The number of sulfonamides is 1. The molecule has 8 heteroatoms. The highest BCUT2D eigenvalue weighted by Gasteiger charge is 2.23. The van der Waals surface area contributed by atoms with Gasteiger partial charge in [0, 0.05) is 7.05 Å². The first-order valence-electron chi connectivity index (χ1n) is 10.5. The van der Waals surface area contributed by atoms with Gasteiger partial charge >= 0.3 is 0 Å². The molecule has 0 fully saturated rings. The highest BCUT2D eigenvalue weighted by Crippen LogP contribution is 2.19. The second-order valence-electron chi connectivity index (χ2n) is 7.77. The van der Waals surface area contributed by atoms with Crippen LogP contribution in [0.25, 0.3) is 0 Å². The number of carbonyl (C=O) groups excluding carboxylic acids is 2. The fourth-order valence-electron chi connectivity index (χ4n) is 3.26. The number of benzene rings is 3. The molecule has 0 saturated heterocycles. The van der Waals surface area contributed by atoms with Crippen LogP contribution in [-0.2, 0) is 14.8 Å². The van der Waals surface area contributed by atoms with Gasteiger partial charge in [-0.2, -0.15) is 4.31 Å². The fourth-order valence-corrected chi connectivity index (χ4v) is 4.38. The maximum Gasteiger partial charge on any atom is 0.253 e. The third kappa shape index (κ3) is 6.06. The van der Waals surface area contributed by atoms with E-state index in [2.05, 4.69) is 10.6 Å². The van der Waals surface area contributed by atoms with E-state index in [0.717, 1.165) is 15.4 Å². The Labute approximate surface area is 194 Å². The van der Waals surface area contributed by atoms with E-state index >= 15 is 0 Å². The lowest BCUT2D eigenvalue weighted by molar-refractivity contribution is -0.116. The average molecular weight is 466 g/mol. The molecule has 2 N–H and O–H groups in total. The molecule has 0 aliphatic rings. The summed E-state index contributed by atoms with van der Waals surface area (Å²) in [5.41, 5.74) is 2.49. The van der Waals surface area contributed by atoms with Gasteiger partial charge in [-0.15, -0.1) is 0 Å². The van der Waals surface area contributed by atoms with Gasteiger partial charge in [0.25, 0.3) is 5.91 Å². The van der Waals surface area contributed by atoms with Crippen molar-refractivity contribution >= 4 is 27.5 Å². The maximum absolute atomic E-state index is 12.9. The summed E-state index contributed by atoms with van der Waals surface area (Å²) in [5.74, 6) is -0.896. The average Bonchev–Trinajstić information content (AvgIpc) is 2.80. The van der Waals surface area contributed by atoms with Crippen molar-refractivity contribution in [2.24, 2.45) is 0 Å². The van der Waals surface area contributed by atoms with E-state index in [1.165, 1.54) is 19.2 Å². The molecule has 0 saturated carbocycles. The summed E-state index contributed by atoms with van der Waals surface area (Å²) in [4.78, 5) is 25.6. The number of hydrogen-bond acceptors (Lipinski definition) is 4. The van der Waals surface area contributed by atoms with Crippen LogP contribution in [0.15, 0.2) is 83.8 Å². The van der Waals surface area contributed by atoms with E-state index < -0.39 is 22.5 Å². The lowest BCUT2D eigenvalue weighted by Gasteiger charge is -2.19. The van der Waals surface area contributed by atoms with Gasteiger partial charge in [0.1, 0.15) is 0 Å². The van der Waals surface area contributed by atoms with Gasteiger partial charge in [0.05, 0.1) is 28.7 Å². The second-order valence-corrected chi connectivity index (χ2v) is 9.82. The molecule has 0 aromatic heterocycles. The summed E-state index contributed by atoms with van der Waals surface area (Å²) in [5, 5.41) is 5.58. The minimum atomic E-state index is -3.82. The first-order chi connectivity index (χ1) is 15.7. The summed E-state index contributed by atoms with van der Waals surface area (Å²) in [6, 6.07) is 22.3. The van der Waals surface area contributed by atoms with Crippen LogP contribution < -0.4 is 10.6 Å². The number of amides is 2. The van der Waals surface area contributed by atoms with Gasteiger partial charge in [-0.25, -0.2) is 8.42 Å². The van der Waals surface area contributed by atoms with Crippen molar-refractivity contribution in [3.63, 3.8) is 0 Å². The molecular weight excluding hydrogens is 438 g/mol. The van der Waals surface area contributed by atoms with Crippen LogP contribution in [0.5, 0.6) is 0 Å². The number of aryl methyl sites for hydroxylation is 1. The number of anilines is 1. The van der Waals surface area contributed by atoms with Crippen molar-refractivity contribution in [3.8, 4) is 0 Å². The number of nitrogens with one attached hydrogen (secondary N) is 2. The van der Waals surface area contributed by atoms with Crippen molar-refractivity contribution in [2.75, 3.05) is 18.9 Å². The van der Waals surface area contributed by atoms with Crippen LogP contribution in [0.4, 0.5) is 5.69 Å². The lowest BCUT2D eigenvalue weighted by Crippen LogP contribution is -2.35. The second kappa shape index (κ2) is 10.4. The van der Waals surface area contributed by atoms with E-state index in [1.807, 2.05) is 44.2 Å². The number of hydrogen-bond donors (Lipinski definition) is 2. The van der Waals surface area contributed by atoms with Crippen LogP contribution >= 0.6 is 0 Å². The first kappa shape index (κ1) is 24.2. The number of likely N-dealkylation sites (N-methyl/N-ethyl adjacent to an activating group) is 1. The molecule has 0 spiro atoms. The molecule has 0 aliphatic carbocycles. The van der Waals surface area contributed by atoms with Crippen molar-refractivity contribution in [1.29, 1.82) is 0 Å². The zero-order valence-electron chi connectivity index (χ0n) is 18.8. The molecule has 0 heterocycles. The van der Waals surface area contributed by atoms with Gasteiger partial charge in [-0.05, 0) is 43.7 Å². The third-order valence-corrected chi connectivity index (χ3v) is 7.01. The molecule has 0 bridgehead atoms. The van der Waals surface area contributed by atoms with Gasteiger partial charge < -0.3 is 10.6 Å². The Hall–Kier alpha value is -3.49. The van der Waals surface area contributed by atoms with E-state index in [-0.39, 0.29) is 22.4 Å². The Morgan fingerprint density at radius 2 is 1.52 bits per heavy atom. The van der Waals surface area contributed by atoms with Crippen molar-refractivity contribution in [1.82, 2.24) is 9.62 Å². The largest absolute Gasteiger partial charge is 0.345 e. The highest BCUT2D eigenvalue weighted by atomic mass is 32.2. The summed E-state index contributed by atoms with van der Waals surface area (Å²) in [7, 11) is -2.48. The quantitative estimate of drug-likeness (QED) is 0.530. The summed E-state index contributed by atoms with van der Waals surface area (Å²) in [6.07, 6.45) is 0. The zero-order chi connectivity index (χ0) is 24.0. The molecule has 3 aromatic carbocycles. The predicted molar refractivity (Wildman–Crippen MR) is 128 cm³/mol. The van der Waals surface area contributed by atoms with Gasteiger partial charge in [-0.1, -0.05) is 60.2 Å². The standard InChI is InChI=1S/C25H27N3O4S/c1-18-13-15-21(16-14-18)33(31,32)28(3)17-24(29)27-23-12-8-7-11-22(23)25(30)26-19(2)20-9-5-4-6-10-20/h4-16,19H,17H2,1-3H3,(H,26,30)(H,27,29)/t19-/m0/s1. The van der Waals surface area contributed by atoms with Crippen LogP contribution in [0.3, 0.4) is 0 Å². The third-order valence-electron chi connectivity index (χ3n) is 5.19.